The monoisotopic (exact) mass is 333 g/mol. The fourth-order valence-electron chi connectivity index (χ4n) is 3.38. The zero-order valence-electron chi connectivity index (χ0n) is 15.1. The Morgan fingerprint density at radius 2 is 1.79 bits per heavy atom. The highest BCUT2D eigenvalue weighted by Gasteiger charge is 2.26. The first-order valence-electron chi connectivity index (χ1n) is 9.18. The number of rotatable bonds is 8. The van der Waals surface area contributed by atoms with E-state index >= 15 is 0 Å². The van der Waals surface area contributed by atoms with Crippen LogP contribution in [0, 0.1) is 5.92 Å². The van der Waals surface area contributed by atoms with E-state index in [1.54, 1.807) is 0 Å². The van der Waals surface area contributed by atoms with Crippen molar-refractivity contribution in [1.29, 1.82) is 0 Å². The van der Waals surface area contributed by atoms with Crippen molar-refractivity contribution in [3.8, 4) is 5.75 Å². The number of aliphatic carboxylic acids is 1. The summed E-state index contributed by atoms with van der Waals surface area (Å²) < 4.78 is 5.67. The number of benzene rings is 1. The van der Waals surface area contributed by atoms with E-state index in [0.29, 0.717) is 12.1 Å². The summed E-state index contributed by atoms with van der Waals surface area (Å²) in [5.41, 5.74) is 1.33. The second-order valence-corrected chi connectivity index (χ2v) is 7.30. The van der Waals surface area contributed by atoms with E-state index in [2.05, 4.69) is 24.4 Å². The summed E-state index contributed by atoms with van der Waals surface area (Å²) in [5, 5.41) is 12.7. The van der Waals surface area contributed by atoms with Crippen LogP contribution in [0.4, 0.5) is 0 Å². The van der Waals surface area contributed by atoms with Crippen molar-refractivity contribution in [2.24, 2.45) is 5.92 Å². The molecule has 0 spiro atoms. The number of carbonyl (C=O) groups is 1. The average Bonchev–Trinajstić information content (AvgIpc) is 2.54. The zero-order chi connectivity index (χ0) is 17.5. The maximum Gasteiger partial charge on any atom is 0.306 e. The molecule has 0 heterocycles. The van der Waals surface area contributed by atoms with E-state index in [9.17, 15) is 4.79 Å². The van der Waals surface area contributed by atoms with Gasteiger partial charge in [-0.1, -0.05) is 12.1 Å². The average molecular weight is 333 g/mol. The van der Waals surface area contributed by atoms with Crippen molar-refractivity contribution in [3.63, 3.8) is 0 Å². The first kappa shape index (κ1) is 18.8. The van der Waals surface area contributed by atoms with E-state index in [1.165, 1.54) is 5.56 Å². The molecule has 1 atom stereocenters. The molecule has 1 aromatic rings. The summed E-state index contributed by atoms with van der Waals surface area (Å²) >= 11 is 0. The lowest BCUT2D eigenvalue weighted by molar-refractivity contribution is -0.142. The molecule has 4 heteroatoms. The first-order valence-corrected chi connectivity index (χ1v) is 9.18. The molecule has 4 nitrogen and oxygen atoms in total. The Labute approximate surface area is 145 Å². The van der Waals surface area contributed by atoms with Crippen LogP contribution in [-0.4, -0.2) is 29.3 Å². The molecule has 0 bridgehead atoms. The highest BCUT2D eigenvalue weighted by atomic mass is 16.5. The molecule has 0 saturated heterocycles. The van der Waals surface area contributed by atoms with Gasteiger partial charge in [0.05, 0.1) is 12.0 Å². The van der Waals surface area contributed by atoms with Gasteiger partial charge in [0.15, 0.2) is 0 Å². The number of hydrogen-bond acceptors (Lipinski definition) is 3. The van der Waals surface area contributed by atoms with Gasteiger partial charge in [-0.25, -0.2) is 0 Å². The minimum absolute atomic E-state index is 0.134. The minimum atomic E-state index is -0.633. The molecule has 0 aromatic heterocycles. The molecule has 24 heavy (non-hydrogen) atoms. The lowest BCUT2D eigenvalue weighted by atomic mass is 9.85. The van der Waals surface area contributed by atoms with E-state index in [4.69, 9.17) is 9.84 Å². The summed E-state index contributed by atoms with van der Waals surface area (Å²) in [7, 11) is 0. The predicted octanol–water partition coefficient (Wildman–Crippen LogP) is 4.03. The minimum Gasteiger partial charge on any atom is -0.491 e. The molecule has 1 saturated carbocycles. The van der Waals surface area contributed by atoms with Gasteiger partial charge in [-0.3, -0.25) is 4.79 Å². The molecule has 134 valence electrons. The standard InChI is InChI=1S/C20H31NO3/c1-14(2)24-19-12-6-16(7-13-19)5-4-15(3)21-18-10-8-17(9-11-18)20(22)23/h6-7,12-15,17-18,21H,4-5,8-11H2,1-3H3,(H,22,23). The Kier molecular flexibility index (Phi) is 7.10. The first-order chi connectivity index (χ1) is 11.4. The third-order valence-corrected chi connectivity index (χ3v) is 4.76. The Morgan fingerprint density at radius 1 is 1.17 bits per heavy atom. The Morgan fingerprint density at radius 3 is 2.33 bits per heavy atom. The van der Waals surface area contributed by atoms with Crippen molar-refractivity contribution in [2.45, 2.75) is 77.5 Å². The van der Waals surface area contributed by atoms with Crippen molar-refractivity contribution >= 4 is 5.97 Å². The fourth-order valence-corrected chi connectivity index (χ4v) is 3.38. The van der Waals surface area contributed by atoms with Crippen molar-refractivity contribution in [1.82, 2.24) is 5.32 Å². The summed E-state index contributed by atoms with van der Waals surface area (Å²) in [6.07, 6.45) is 5.89. The van der Waals surface area contributed by atoms with Crippen LogP contribution < -0.4 is 10.1 Å². The summed E-state index contributed by atoms with van der Waals surface area (Å²) in [4.78, 5) is 11.0. The Bertz CT molecular complexity index is 504. The van der Waals surface area contributed by atoms with Crippen LogP contribution >= 0.6 is 0 Å². The van der Waals surface area contributed by atoms with Gasteiger partial charge in [-0.15, -0.1) is 0 Å². The Balaban J connectivity index is 1.69. The molecule has 1 unspecified atom stereocenters. The molecular weight excluding hydrogens is 302 g/mol. The zero-order valence-corrected chi connectivity index (χ0v) is 15.1. The SMILES string of the molecule is CC(CCc1ccc(OC(C)C)cc1)NC1CCC(C(=O)O)CC1. The normalized spacial score (nSPS) is 22.3. The number of carboxylic acids is 1. The highest BCUT2D eigenvalue weighted by molar-refractivity contribution is 5.70. The van der Waals surface area contributed by atoms with Crippen molar-refractivity contribution in [3.05, 3.63) is 29.8 Å². The molecule has 1 aliphatic carbocycles. The smallest absolute Gasteiger partial charge is 0.306 e. The van der Waals surface area contributed by atoms with E-state index in [0.717, 1.165) is 44.3 Å². The number of nitrogens with one attached hydrogen (secondary N) is 1. The van der Waals surface area contributed by atoms with Crippen LogP contribution in [0.2, 0.25) is 0 Å². The largest absolute Gasteiger partial charge is 0.491 e. The second kappa shape index (κ2) is 9.07. The van der Waals surface area contributed by atoms with Crippen molar-refractivity contribution in [2.75, 3.05) is 0 Å². The van der Waals surface area contributed by atoms with Gasteiger partial charge >= 0.3 is 5.97 Å². The molecule has 0 aliphatic heterocycles. The lowest BCUT2D eigenvalue weighted by Gasteiger charge is -2.29. The maximum atomic E-state index is 11.0. The van der Waals surface area contributed by atoms with Gasteiger partial charge in [0, 0.05) is 12.1 Å². The summed E-state index contributed by atoms with van der Waals surface area (Å²) in [6, 6.07) is 9.28. The van der Waals surface area contributed by atoms with E-state index in [-0.39, 0.29) is 12.0 Å². The van der Waals surface area contributed by atoms with E-state index < -0.39 is 5.97 Å². The molecular formula is C20H31NO3. The molecule has 1 aromatic carbocycles. The van der Waals surface area contributed by atoms with Crippen LogP contribution in [-0.2, 0) is 11.2 Å². The van der Waals surface area contributed by atoms with Crippen molar-refractivity contribution < 1.29 is 14.6 Å². The topological polar surface area (TPSA) is 58.6 Å². The summed E-state index contributed by atoms with van der Waals surface area (Å²) in [5.74, 6) is 0.159. The highest BCUT2D eigenvalue weighted by Crippen LogP contribution is 2.25. The van der Waals surface area contributed by atoms with Gasteiger partial charge in [0.25, 0.3) is 0 Å². The number of hydrogen-bond donors (Lipinski definition) is 2. The molecule has 1 aliphatic rings. The number of carboxylic acid groups (broad SMARTS) is 1. The third kappa shape index (κ3) is 6.16. The van der Waals surface area contributed by atoms with Crippen LogP contribution in [0.25, 0.3) is 0 Å². The van der Waals surface area contributed by atoms with Gasteiger partial charge in [0.1, 0.15) is 5.75 Å². The molecule has 2 rings (SSSR count). The third-order valence-electron chi connectivity index (χ3n) is 4.76. The molecule has 0 radical (unpaired) electrons. The Hall–Kier alpha value is -1.55. The molecule has 0 amide bonds. The summed E-state index contributed by atoms with van der Waals surface area (Å²) in [6.45, 7) is 6.29. The lowest BCUT2D eigenvalue weighted by Crippen LogP contribution is -2.40. The van der Waals surface area contributed by atoms with Crippen LogP contribution in [0.15, 0.2) is 24.3 Å². The van der Waals surface area contributed by atoms with Crippen LogP contribution in [0.5, 0.6) is 5.75 Å². The second-order valence-electron chi connectivity index (χ2n) is 7.30. The molecule has 1 fully saturated rings. The number of aryl methyl sites for hydroxylation is 1. The molecule has 2 N–H and O–H groups in total. The van der Waals surface area contributed by atoms with Gasteiger partial charge < -0.3 is 15.2 Å². The van der Waals surface area contributed by atoms with Gasteiger partial charge in [-0.05, 0) is 77.0 Å². The van der Waals surface area contributed by atoms with Gasteiger partial charge in [0.2, 0.25) is 0 Å². The predicted molar refractivity (Wildman–Crippen MR) is 96.5 cm³/mol. The van der Waals surface area contributed by atoms with Crippen LogP contribution in [0.3, 0.4) is 0 Å². The van der Waals surface area contributed by atoms with Gasteiger partial charge in [-0.2, -0.15) is 0 Å². The number of ether oxygens (including phenoxy) is 1. The van der Waals surface area contributed by atoms with Crippen LogP contribution in [0.1, 0.15) is 58.4 Å². The fraction of sp³-hybridized carbons (Fsp3) is 0.650. The van der Waals surface area contributed by atoms with E-state index in [1.807, 2.05) is 26.0 Å². The quantitative estimate of drug-likeness (QED) is 0.754. The maximum absolute atomic E-state index is 11.0.